The highest BCUT2D eigenvalue weighted by molar-refractivity contribution is 5.48. The summed E-state index contributed by atoms with van der Waals surface area (Å²) in [6.07, 6.45) is 12.0. The largest absolute Gasteiger partial charge is 0.311 e. The van der Waals surface area contributed by atoms with E-state index in [4.69, 9.17) is 0 Å². The Labute approximate surface area is 85.1 Å². The highest BCUT2D eigenvalue weighted by Crippen LogP contribution is 2.09. The third-order valence-corrected chi connectivity index (χ3v) is 2.55. The van der Waals surface area contributed by atoms with Crippen LogP contribution in [0.2, 0.25) is 0 Å². The van der Waals surface area contributed by atoms with Crippen LogP contribution in [0, 0.1) is 0 Å². The normalized spacial score (nSPS) is 22.7. The minimum atomic E-state index is 0.559. The second-order valence-electron chi connectivity index (χ2n) is 3.70. The van der Waals surface area contributed by atoms with Crippen LogP contribution in [-0.2, 0) is 0 Å². The first-order chi connectivity index (χ1) is 6.95. The highest BCUT2D eigenvalue weighted by atomic mass is 14.9. The molecule has 74 valence electrons. The SMILES string of the molecule is C(=C\C1CCCCN1)/c1cccnc1. The summed E-state index contributed by atoms with van der Waals surface area (Å²) >= 11 is 0. The van der Waals surface area contributed by atoms with E-state index in [1.54, 1.807) is 6.20 Å². The van der Waals surface area contributed by atoms with Gasteiger partial charge >= 0.3 is 0 Å². The molecule has 2 heterocycles. The molecule has 0 spiro atoms. The lowest BCUT2D eigenvalue weighted by Gasteiger charge is -2.19. The molecule has 1 saturated heterocycles. The van der Waals surface area contributed by atoms with E-state index in [1.165, 1.54) is 24.8 Å². The quantitative estimate of drug-likeness (QED) is 0.770. The molecule has 0 aromatic carbocycles. The number of aromatic nitrogens is 1. The molecule has 1 N–H and O–H groups in total. The molecular weight excluding hydrogens is 172 g/mol. The fourth-order valence-corrected chi connectivity index (χ4v) is 1.74. The molecule has 0 saturated carbocycles. The van der Waals surface area contributed by atoms with Gasteiger partial charge in [0.25, 0.3) is 0 Å². The van der Waals surface area contributed by atoms with Crippen LogP contribution in [0.25, 0.3) is 6.08 Å². The van der Waals surface area contributed by atoms with E-state index in [0.717, 1.165) is 6.54 Å². The zero-order valence-corrected chi connectivity index (χ0v) is 8.32. The summed E-state index contributed by atoms with van der Waals surface area (Å²) in [6, 6.07) is 4.60. The van der Waals surface area contributed by atoms with Gasteiger partial charge in [0.05, 0.1) is 0 Å². The first kappa shape index (κ1) is 9.41. The second-order valence-corrected chi connectivity index (χ2v) is 3.70. The molecule has 1 aliphatic heterocycles. The Balaban J connectivity index is 1.93. The fraction of sp³-hybridized carbons (Fsp3) is 0.417. The van der Waals surface area contributed by atoms with Crippen molar-refractivity contribution in [3.63, 3.8) is 0 Å². The van der Waals surface area contributed by atoms with E-state index < -0.39 is 0 Å². The summed E-state index contributed by atoms with van der Waals surface area (Å²) < 4.78 is 0. The third-order valence-electron chi connectivity index (χ3n) is 2.55. The van der Waals surface area contributed by atoms with Gasteiger partial charge in [-0.1, -0.05) is 24.6 Å². The van der Waals surface area contributed by atoms with Crippen LogP contribution < -0.4 is 5.32 Å². The molecule has 1 aliphatic rings. The molecule has 2 heteroatoms. The fourth-order valence-electron chi connectivity index (χ4n) is 1.74. The van der Waals surface area contributed by atoms with E-state index in [0.29, 0.717) is 6.04 Å². The van der Waals surface area contributed by atoms with Crippen LogP contribution in [0.3, 0.4) is 0 Å². The van der Waals surface area contributed by atoms with Gasteiger partial charge in [-0.15, -0.1) is 0 Å². The molecule has 1 fully saturated rings. The van der Waals surface area contributed by atoms with Crippen molar-refractivity contribution in [3.05, 3.63) is 36.2 Å². The predicted octanol–water partition coefficient (Wildman–Crippen LogP) is 2.24. The Bertz CT molecular complexity index is 286. The molecule has 0 amide bonds. The van der Waals surface area contributed by atoms with Gasteiger partial charge in [0, 0.05) is 18.4 Å². The highest BCUT2D eigenvalue weighted by Gasteiger charge is 2.07. The van der Waals surface area contributed by atoms with Crippen molar-refractivity contribution in [2.75, 3.05) is 6.54 Å². The molecule has 14 heavy (non-hydrogen) atoms. The Morgan fingerprint density at radius 3 is 3.14 bits per heavy atom. The zero-order valence-electron chi connectivity index (χ0n) is 8.32. The van der Waals surface area contributed by atoms with Gasteiger partial charge in [0.15, 0.2) is 0 Å². The lowest BCUT2D eigenvalue weighted by Crippen LogP contribution is -2.31. The standard InChI is InChI=1S/C12H16N2/c1-2-9-14-12(5-1)7-6-11-4-3-8-13-10-11/h3-4,6-8,10,12,14H,1-2,5,9H2/b7-6+. The number of pyridine rings is 1. The van der Waals surface area contributed by atoms with Gasteiger partial charge < -0.3 is 5.32 Å². The summed E-state index contributed by atoms with van der Waals surface area (Å²) in [5.74, 6) is 0. The first-order valence-electron chi connectivity index (χ1n) is 5.27. The van der Waals surface area contributed by atoms with Crippen molar-refractivity contribution in [1.82, 2.24) is 10.3 Å². The van der Waals surface area contributed by atoms with E-state index in [-0.39, 0.29) is 0 Å². The van der Waals surface area contributed by atoms with Crippen LogP contribution >= 0.6 is 0 Å². The molecule has 1 unspecified atom stereocenters. The van der Waals surface area contributed by atoms with Crippen molar-refractivity contribution in [2.45, 2.75) is 25.3 Å². The second kappa shape index (κ2) is 4.91. The van der Waals surface area contributed by atoms with Gasteiger partial charge in [-0.05, 0) is 31.0 Å². The summed E-state index contributed by atoms with van der Waals surface area (Å²) in [5.41, 5.74) is 1.18. The smallest absolute Gasteiger partial charge is 0.0340 e. The maximum absolute atomic E-state index is 4.08. The average Bonchev–Trinajstić information content (AvgIpc) is 2.29. The maximum Gasteiger partial charge on any atom is 0.0340 e. The summed E-state index contributed by atoms with van der Waals surface area (Å²) in [5, 5.41) is 3.48. The molecule has 0 aliphatic carbocycles. The number of hydrogen-bond acceptors (Lipinski definition) is 2. The summed E-state index contributed by atoms with van der Waals surface area (Å²) in [4.78, 5) is 4.08. The van der Waals surface area contributed by atoms with E-state index in [2.05, 4.69) is 28.5 Å². The van der Waals surface area contributed by atoms with Crippen molar-refractivity contribution in [2.24, 2.45) is 0 Å². The van der Waals surface area contributed by atoms with Gasteiger partial charge in [-0.3, -0.25) is 4.98 Å². The average molecular weight is 188 g/mol. The van der Waals surface area contributed by atoms with Gasteiger partial charge in [0.2, 0.25) is 0 Å². The van der Waals surface area contributed by atoms with Crippen LogP contribution in [0.5, 0.6) is 0 Å². The Morgan fingerprint density at radius 1 is 1.43 bits per heavy atom. The predicted molar refractivity (Wildman–Crippen MR) is 58.9 cm³/mol. The van der Waals surface area contributed by atoms with E-state index >= 15 is 0 Å². The topological polar surface area (TPSA) is 24.9 Å². The van der Waals surface area contributed by atoms with Crippen LogP contribution in [0.1, 0.15) is 24.8 Å². The molecule has 1 aromatic rings. The third kappa shape index (κ3) is 2.67. The first-order valence-corrected chi connectivity index (χ1v) is 5.27. The molecule has 1 aromatic heterocycles. The molecule has 0 bridgehead atoms. The van der Waals surface area contributed by atoms with Crippen LogP contribution in [0.4, 0.5) is 0 Å². The zero-order chi connectivity index (χ0) is 9.64. The minimum Gasteiger partial charge on any atom is -0.311 e. The Kier molecular flexibility index (Phi) is 3.30. The molecule has 1 atom stereocenters. The van der Waals surface area contributed by atoms with Crippen LogP contribution in [-0.4, -0.2) is 17.6 Å². The minimum absolute atomic E-state index is 0.559. The molecule has 2 nitrogen and oxygen atoms in total. The molecule has 0 radical (unpaired) electrons. The maximum atomic E-state index is 4.08. The Morgan fingerprint density at radius 2 is 2.43 bits per heavy atom. The van der Waals surface area contributed by atoms with E-state index in [1.807, 2.05) is 12.3 Å². The van der Waals surface area contributed by atoms with Crippen molar-refractivity contribution >= 4 is 6.08 Å². The Hall–Kier alpha value is -1.15. The lowest BCUT2D eigenvalue weighted by molar-refractivity contribution is 0.455. The number of nitrogens with one attached hydrogen (secondary N) is 1. The van der Waals surface area contributed by atoms with Crippen molar-refractivity contribution in [3.8, 4) is 0 Å². The lowest BCUT2D eigenvalue weighted by atomic mass is 10.0. The van der Waals surface area contributed by atoms with E-state index in [9.17, 15) is 0 Å². The monoisotopic (exact) mass is 188 g/mol. The van der Waals surface area contributed by atoms with Gasteiger partial charge in [0.1, 0.15) is 0 Å². The number of hydrogen-bond donors (Lipinski definition) is 1. The van der Waals surface area contributed by atoms with Crippen LogP contribution in [0.15, 0.2) is 30.6 Å². The summed E-state index contributed by atoms with van der Waals surface area (Å²) in [6.45, 7) is 1.15. The van der Waals surface area contributed by atoms with Gasteiger partial charge in [-0.2, -0.15) is 0 Å². The number of piperidine rings is 1. The van der Waals surface area contributed by atoms with Crippen molar-refractivity contribution in [1.29, 1.82) is 0 Å². The molecule has 2 rings (SSSR count). The number of rotatable bonds is 2. The summed E-state index contributed by atoms with van der Waals surface area (Å²) in [7, 11) is 0. The number of nitrogens with zero attached hydrogens (tertiary/aromatic N) is 1. The molecular formula is C12H16N2. The van der Waals surface area contributed by atoms with Crippen molar-refractivity contribution < 1.29 is 0 Å². The van der Waals surface area contributed by atoms with Gasteiger partial charge in [-0.25, -0.2) is 0 Å².